The largest absolute Gasteiger partial charge is 0.467 e. The second-order valence-corrected chi connectivity index (χ2v) is 6.55. The van der Waals surface area contributed by atoms with E-state index in [4.69, 9.17) is 44.9 Å². The van der Waals surface area contributed by atoms with Crippen molar-refractivity contribution in [2.45, 2.75) is 43.0 Å². The predicted octanol–water partition coefficient (Wildman–Crippen LogP) is 5.04. The van der Waals surface area contributed by atoms with Gasteiger partial charge in [0.2, 0.25) is 5.90 Å². The van der Waals surface area contributed by atoms with E-state index in [1.54, 1.807) is 6.08 Å². The smallest absolute Gasteiger partial charge is 0.265 e. The van der Waals surface area contributed by atoms with Gasteiger partial charge in [0.05, 0.1) is 0 Å². The van der Waals surface area contributed by atoms with Crippen LogP contribution in [0.25, 0.3) is 0 Å². The van der Waals surface area contributed by atoms with E-state index in [2.05, 4.69) is 12.7 Å². The molecular formula is C12H18Cl3NO. The van der Waals surface area contributed by atoms with Crippen molar-refractivity contribution in [2.75, 3.05) is 0 Å². The van der Waals surface area contributed by atoms with E-state index >= 15 is 0 Å². The summed E-state index contributed by atoms with van der Waals surface area (Å²) in [4.78, 5) is 0. The highest BCUT2D eigenvalue weighted by Crippen LogP contribution is 2.31. The molecule has 0 bridgehead atoms. The second-order valence-electron chi connectivity index (χ2n) is 4.27. The fourth-order valence-corrected chi connectivity index (χ4v) is 1.25. The van der Waals surface area contributed by atoms with Crippen LogP contribution in [0.4, 0.5) is 0 Å². The van der Waals surface area contributed by atoms with Gasteiger partial charge < -0.3 is 4.74 Å². The van der Waals surface area contributed by atoms with Crippen LogP contribution >= 0.6 is 34.8 Å². The number of ether oxygens (including phenoxy) is 1. The van der Waals surface area contributed by atoms with E-state index in [1.807, 2.05) is 20.8 Å². The van der Waals surface area contributed by atoms with Gasteiger partial charge in [-0.1, -0.05) is 53.0 Å². The van der Waals surface area contributed by atoms with Gasteiger partial charge in [0.15, 0.2) is 0 Å². The van der Waals surface area contributed by atoms with Crippen molar-refractivity contribution in [3.05, 3.63) is 24.3 Å². The number of nitrogens with one attached hydrogen (secondary N) is 1. The molecule has 0 fully saturated rings. The molecule has 0 saturated heterocycles. The molecule has 0 aliphatic heterocycles. The maximum atomic E-state index is 7.54. The van der Waals surface area contributed by atoms with Crippen LogP contribution in [0.5, 0.6) is 0 Å². The van der Waals surface area contributed by atoms with Gasteiger partial charge in [-0.05, 0) is 39.7 Å². The molecule has 0 spiro atoms. The normalized spacial score (nSPS) is 14.7. The van der Waals surface area contributed by atoms with Gasteiger partial charge in [0.1, 0.15) is 5.60 Å². The molecular weight excluding hydrogens is 280 g/mol. The van der Waals surface area contributed by atoms with Gasteiger partial charge >= 0.3 is 0 Å². The molecule has 0 radical (unpaired) electrons. The molecule has 0 saturated carbocycles. The van der Waals surface area contributed by atoms with Crippen LogP contribution in [0.2, 0.25) is 0 Å². The molecule has 5 heteroatoms. The topological polar surface area (TPSA) is 33.1 Å². The Labute approximate surface area is 118 Å². The molecule has 0 aromatic heterocycles. The molecule has 0 aliphatic rings. The van der Waals surface area contributed by atoms with E-state index in [0.717, 1.165) is 6.42 Å². The van der Waals surface area contributed by atoms with Crippen LogP contribution in [0.1, 0.15) is 33.6 Å². The number of alkyl halides is 3. The first kappa shape index (κ1) is 16.8. The van der Waals surface area contributed by atoms with E-state index in [9.17, 15) is 0 Å². The van der Waals surface area contributed by atoms with Gasteiger partial charge in [0.25, 0.3) is 3.79 Å². The molecule has 0 unspecified atom stereocenters. The molecule has 0 aromatic rings. The van der Waals surface area contributed by atoms with Crippen LogP contribution in [0, 0.1) is 5.41 Å². The third kappa shape index (κ3) is 6.97. The summed E-state index contributed by atoms with van der Waals surface area (Å²) in [7, 11) is 0. The number of hydrogen-bond acceptors (Lipinski definition) is 2. The lowest BCUT2D eigenvalue weighted by Crippen LogP contribution is -2.34. The van der Waals surface area contributed by atoms with Crippen LogP contribution in [0.3, 0.4) is 0 Å². The summed E-state index contributed by atoms with van der Waals surface area (Å²) in [6.45, 7) is 9.55. The Morgan fingerprint density at radius 3 is 2.24 bits per heavy atom. The summed E-state index contributed by atoms with van der Waals surface area (Å²) in [6, 6.07) is 0. The Bertz CT molecular complexity index is 316. The summed E-state index contributed by atoms with van der Waals surface area (Å²) in [5.41, 5.74) is 0.528. The third-order valence-electron chi connectivity index (χ3n) is 2.22. The highest BCUT2D eigenvalue weighted by molar-refractivity contribution is 6.76. The van der Waals surface area contributed by atoms with Crippen LogP contribution in [-0.4, -0.2) is 15.3 Å². The summed E-state index contributed by atoms with van der Waals surface area (Å²) in [5, 5.41) is 7.54. The Balaban J connectivity index is 4.53. The molecule has 0 aromatic carbocycles. The van der Waals surface area contributed by atoms with E-state index in [0.29, 0.717) is 6.42 Å². The molecule has 0 aliphatic carbocycles. The van der Waals surface area contributed by atoms with Crippen molar-refractivity contribution in [2.24, 2.45) is 0 Å². The average molecular weight is 299 g/mol. The second kappa shape index (κ2) is 6.67. The molecule has 17 heavy (non-hydrogen) atoms. The van der Waals surface area contributed by atoms with Gasteiger partial charge in [-0.25, -0.2) is 0 Å². The zero-order chi connectivity index (χ0) is 13.7. The van der Waals surface area contributed by atoms with Gasteiger partial charge in [0, 0.05) is 0 Å². The minimum atomic E-state index is -1.83. The highest BCUT2D eigenvalue weighted by Gasteiger charge is 2.34. The predicted molar refractivity (Wildman–Crippen MR) is 76.4 cm³/mol. The van der Waals surface area contributed by atoms with E-state index in [-0.39, 0.29) is 5.90 Å². The third-order valence-corrected chi connectivity index (χ3v) is 2.73. The fraction of sp³-hybridized carbons (Fsp3) is 0.583. The van der Waals surface area contributed by atoms with Gasteiger partial charge in [-0.15, -0.1) is 0 Å². The number of rotatable bonds is 5. The first-order valence-electron chi connectivity index (χ1n) is 5.22. The zero-order valence-corrected chi connectivity index (χ0v) is 12.6. The minimum Gasteiger partial charge on any atom is -0.467 e. The molecule has 98 valence electrons. The van der Waals surface area contributed by atoms with Crippen molar-refractivity contribution in [1.29, 1.82) is 5.41 Å². The van der Waals surface area contributed by atoms with Crippen LogP contribution < -0.4 is 0 Å². The Morgan fingerprint density at radius 2 is 1.88 bits per heavy atom. The van der Waals surface area contributed by atoms with Crippen LogP contribution in [-0.2, 0) is 4.74 Å². The quantitative estimate of drug-likeness (QED) is 0.328. The lowest BCUT2D eigenvalue weighted by molar-refractivity contribution is 0.113. The first-order chi connectivity index (χ1) is 7.60. The van der Waals surface area contributed by atoms with Crippen molar-refractivity contribution in [3.8, 4) is 0 Å². The molecule has 0 heterocycles. The van der Waals surface area contributed by atoms with Crippen molar-refractivity contribution < 1.29 is 4.74 Å². The Hall–Kier alpha value is -0.180. The summed E-state index contributed by atoms with van der Waals surface area (Å²) in [6.07, 6.45) is 5.20. The Morgan fingerprint density at radius 1 is 1.35 bits per heavy atom. The number of hydrogen-bond donors (Lipinski definition) is 1. The van der Waals surface area contributed by atoms with E-state index in [1.165, 1.54) is 5.57 Å². The lowest BCUT2D eigenvalue weighted by atomic mass is 9.99. The minimum absolute atomic E-state index is 0.387. The monoisotopic (exact) mass is 297 g/mol. The summed E-state index contributed by atoms with van der Waals surface area (Å²) < 4.78 is 3.54. The SMILES string of the molecule is C=C[C@@](C)(CCC=C(C)C)OC(=N)C(Cl)(Cl)Cl. The number of halogens is 3. The summed E-state index contributed by atoms with van der Waals surface area (Å²) >= 11 is 16.7. The highest BCUT2D eigenvalue weighted by atomic mass is 35.6. The fourth-order valence-electron chi connectivity index (χ4n) is 1.13. The standard InChI is InChI=1S/C12H18Cl3NO/c1-5-11(4,8-6-7-9(2)3)17-10(16)12(13,14)15/h5,7,16H,1,6,8H2,2-4H3/t11-/m0/s1. The first-order valence-corrected chi connectivity index (χ1v) is 6.36. The molecule has 0 rings (SSSR count). The van der Waals surface area contributed by atoms with E-state index < -0.39 is 9.39 Å². The van der Waals surface area contributed by atoms with Crippen molar-refractivity contribution >= 4 is 40.7 Å². The molecule has 2 nitrogen and oxygen atoms in total. The molecule has 1 atom stereocenters. The van der Waals surface area contributed by atoms with Gasteiger partial charge in [-0.2, -0.15) is 0 Å². The molecule has 1 N–H and O–H groups in total. The molecule has 0 amide bonds. The number of allylic oxidation sites excluding steroid dienone is 2. The maximum absolute atomic E-state index is 7.54. The average Bonchev–Trinajstić information content (AvgIpc) is 2.15. The van der Waals surface area contributed by atoms with Crippen molar-refractivity contribution in [3.63, 3.8) is 0 Å². The zero-order valence-electron chi connectivity index (χ0n) is 10.3. The maximum Gasteiger partial charge on any atom is 0.265 e. The van der Waals surface area contributed by atoms with Crippen molar-refractivity contribution in [1.82, 2.24) is 0 Å². The Kier molecular flexibility index (Phi) is 6.60. The summed E-state index contributed by atoms with van der Waals surface area (Å²) in [5.74, 6) is -0.387. The lowest BCUT2D eigenvalue weighted by Gasteiger charge is -2.29. The van der Waals surface area contributed by atoms with Crippen LogP contribution in [0.15, 0.2) is 24.3 Å². The van der Waals surface area contributed by atoms with Gasteiger partial charge in [-0.3, -0.25) is 5.41 Å².